The van der Waals surface area contributed by atoms with Gasteiger partial charge in [-0.25, -0.2) is 0 Å². The molecule has 0 aliphatic heterocycles. The second-order valence-corrected chi connectivity index (χ2v) is 2.52. The molecule has 0 radical (unpaired) electrons. The van der Waals surface area contributed by atoms with Crippen LogP contribution in [0.2, 0.25) is 0 Å². The molecule has 11 heavy (non-hydrogen) atoms. The lowest BCUT2D eigenvalue weighted by molar-refractivity contribution is 0.623. The van der Waals surface area contributed by atoms with E-state index in [2.05, 4.69) is 21.7 Å². The molecule has 2 N–H and O–H groups in total. The minimum atomic E-state index is 0.473. The second kappa shape index (κ2) is 3.48. The molecule has 1 aromatic heterocycles. The maximum Gasteiger partial charge on any atom is 0.146 e. The summed E-state index contributed by atoms with van der Waals surface area (Å²) in [5.74, 6) is 1.83. The summed E-state index contributed by atoms with van der Waals surface area (Å²) in [5.41, 5.74) is 5.47. The van der Waals surface area contributed by atoms with Gasteiger partial charge in [-0.1, -0.05) is 6.92 Å². The maximum absolute atomic E-state index is 5.47. The average Bonchev–Trinajstić information content (AvgIpc) is 2.34. The fourth-order valence-corrected chi connectivity index (χ4v) is 1.09. The number of aromatic nitrogens is 3. The van der Waals surface area contributed by atoms with Crippen molar-refractivity contribution in [1.29, 1.82) is 0 Å². The minimum absolute atomic E-state index is 0.473. The van der Waals surface area contributed by atoms with E-state index >= 15 is 0 Å². The van der Waals surface area contributed by atoms with Crippen molar-refractivity contribution in [3.63, 3.8) is 0 Å². The molecular formula is C7H14N4. The van der Waals surface area contributed by atoms with Gasteiger partial charge in [0.15, 0.2) is 0 Å². The number of hydrogen-bond donors (Lipinski definition) is 1. The van der Waals surface area contributed by atoms with Crippen LogP contribution >= 0.6 is 0 Å². The van der Waals surface area contributed by atoms with Gasteiger partial charge in [0.1, 0.15) is 11.6 Å². The van der Waals surface area contributed by atoms with Gasteiger partial charge in [0, 0.05) is 6.54 Å². The van der Waals surface area contributed by atoms with Gasteiger partial charge in [-0.3, -0.25) is 0 Å². The van der Waals surface area contributed by atoms with Crippen LogP contribution in [-0.4, -0.2) is 14.8 Å². The lowest BCUT2D eigenvalue weighted by Gasteiger charge is -2.03. The van der Waals surface area contributed by atoms with Gasteiger partial charge < -0.3 is 10.3 Å². The third-order valence-electron chi connectivity index (χ3n) is 1.64. The predicted octanol–water partition coefficient (Wildman–Crippen LogP) is 0.455. The highest BCUT2D eigenvalue weighted by Crippen LogP contribution is 2.00. The van der Waals surface area contributed by atoms with Crippen molar-refractivity contribution in [3.8, 4) is 0 Å². The fourth-order valence-electron chi connectivity index (χ4n) is 1.09. The molecule has 1 aromatic rings. The molecule has 1 heterocycles. The van der Waals surface area contributed by atoms with Crippen LogP contribution < -0.4 is 5.73 Å². The molecule has 0 aliphatic carbocycles. The van der Waals surface area contributed by atoms with E-state index in [0.29, 0.717) is 6.54 Å². The lowest BCUT2D eigenvalue weighted by Crippen LogP contribution is -2.09. The van der Waals surface area contributed by atoms with Crippen LogP contribution in [0.1, 0.15) is 25.0 Å². The van der Waals surface area contributed by atoms with E-state index < -0.39 is 0 Å². The Hall–Kier alpha value is -0.900. The molecule has 0 spiro atoms. The third kappa shape index (κ3) is 1.57. The van der Waals surface area contributed by atoms with Crippen LogP contribution in [0.5, 0.6) is 0 Å². The standard InChI is InChI=1S/C7H14N4/c1-3-4-11-6(2)9-10-7(11)5-8/h3-5,8H2,1-2H3. The van der Waals surface area contributed by atoms with Crippen molar-refractivity contribution in [2.24, 2.45) is 5.73 Å². The molecule has 0 aromatic carbocycles. The lowest BCUT2D eigenvalue weighted by atomic mass is 10.4. The van der Waals surface area contributed by atoms with E-state index in [1.807, 2.05) is 6.92 Å². The zero-order chi connectivity index (χ0) is 8.27. The molecule has 0 saturated heterocycles. The Kier molecular flexibility index (Phi) is 2.59. The average molecular weight is 154 g/mol. The highest BCUT2D eigenvalue weighted by atomic mass is 15.3. The molecule has 4 nitrogen and oxygen atoms in total. The van der Waals surface area contributed by atoms with E-state index in [9.17, 15) is 0 Å². The van der Waals surface area contributed by atoms with Crippen LogP contribution in [0, 0.1) is 6.92 Å². The Morgan fingerprint density at radius 3 is 2.73 bits per heavy atom. The molecule has 0 fully saturated rings. The summed E-state index contributed by atoms with van der Waals surface area (Å²) in [5, 5.41) is 7.88. The van der Waals surface area contributed by atoms with Crippen LogP contribution in [0.15, 0.2) is 0 Å². The first-order valence-corrected chi connectivity index (χ1v) is 3.88. The second-order valence-electron chi connectivity index (χ2n) is 2.52. The van der Waals surface area contributed by atoms with E-state index in [4.69, 9.17) is 5.73 Å². The predicted molar refractivity (Wildman–Crippen MR) is 42.9 cm³/mol. The largest absolute Gasteiger partial charge is 0.324 e. The number of aryl methyl sites for hydroxylation is 1. The van der Waals surface area contributed by atoms with Gasteiger partial charge in [0.2, 0.25) is 0 Å². The highest BCUT2D eigenvalue weighted by Gasteiger charge is 2.04. The quantitative estimate of drug-likeness (QED) is 0.688. The molecular weight excluding hydrogens is 140 g/mol. The third-order valence-corrected chi connectivity index (χ3v) is 1.64. The molecule has 0 bridgehead atoms. The summed E-state index contributed by atoms with van der Waals surface area (Å²) in [4.78, 5) is 0. The van der Waals surface area contributed by atoms with E-state index in [1.165, 1.54) is 0 Å². The maximum atomic E-state index is 5.47. The van der Waals surface area contributed by atoms with Crippen molar-refractivity contribution in [1.82, 2.24) is 14.8 Å². The SMILES string of the molecule is CCCn1c(C)nnc1CN. The summed E-state index contributed by atoms with van der Waals surface area (Å²) in [6.45, 7) is 5.51. The van der Waals surface area contributed by atoms with Crippen LogP contribution in [0.4, 0.5) is 0 Å². The van der Waals surface area contributed by atoms with Crippen molar-refractivity contribution in [2.45, 2.75) is 33.4 Å². The number of nitrogens with zero attached hydrogens (tertiary/aromatic N) is 3. The Morgan fingerprint density at radius 2 is 2.18 bits per heavy atom. The van der Waals surface area contributed by atoms with Crippen LogP contribution in [0.25, 0.3) is 0 Å². The smallest absolute Gasteiger partial charge is 0.146 e. The van der Waals surface area contributed by atoms with Crippen molar-refractivity contribution < 1.29 is 0 Å². The van der Waals surface area contributed by atoms with Crippen molar-refractivity contribution in [3.05, 3.63) is 11.6 Å². The van der Waals surface area contributed by atoms with Gasteiger partial charge in [-0.05, 0) is 13.3 Å². The molecule has 0 unspecified atom stereocenters. The van der Waals surface area contributed by atoms with Gasteiger partial charge in [-0.2, -0.15) is 0 Å². The molecule has 0 amide bonds. The monoisotopic (exact) mass is 154 g/mol. The van der Waals surface area contributed by atoms with E-state index in [0.717, 1.165) is 24.6 Å². The van der Waals surface area contributed by atoms with Gasteiger partial charge in [0.05, 0.1) is 6.54 Å². The topological polar surface area (TPSA) is 56.7 Å². The molecule has 1 rings (SSSR count). The first-order chi connectivity index (χ1) is 5.29. The summed E-state index contributed by atoms with van der Waals surface area (Å²) < 4.78 is 2.06. The van der Waals surface area contributed by atoms with Gasteiger partial charge in [-0.15, -0.1) is 10.2 Å². The Bertz CT molecular complexity index is 228. The van der Waals surface area contributed by atoms with Crippen molar-refractivity contribution >= 4 is 0 Å². The normalized spacial score (nSPS) is 10.5. The molecule has 0 aliphatic rings. The Morgan fingerprint density at radius 1 is 1.45 bits per heavy atom. The van der Waals surface area contributed by atoms with Gasteiger partial charge in [0.25, 0.3) is 0 Å². The van der Waals surface area contributed by atoms with Crippen LogP contribution in [-0.2, 0) is 13.1 Å². The van der Waals surface area contributed by atoms with E-state index in [1.54, 1.807) is 0 Å². The van der Waals surface area contributed by atoms with Crippen LogP contribution in [0.3, 0.4) is 0 Å². The molecule has 62 valence electrons. The zero-order valence-electron chi connectivity index (χ0n) is 7.04. The molecule has 0 saturated carbocycles. The number of hydrogen-bond acceptors (Lipinski definition) is 3. The van der Waals surface area contributed by atoms with E-state index in [-0.39, 0.29) is 0 Å². The Labute approximate surface area is 66.4 Å². The Balaban J connectivity index is 2.88. The summed E-state index contributed by atoms with van der Waals surface area (Å²) in [6.07, 6.45) is 1.09. The van der Waals surface area contributed by atoms with Gasteiger partial charge >= 0.3 is 0 Å². The number of nitrogens with two attached hydrogens (primary N) is 1. The summed E-state index contributed by atoms with van der Waals surface area (Å²) >= 11 is 0. The number of rotatable bonds is 3. The minimum Gasteiger partial charge on any atom is -0.324 e. The summed E-state index contributed by atoms with van der Waals surface area (Å²) in [7, 11) is 0. The zero-order valence-corrected chi connectivity index (χ0v) is 7.04. The first kappa shape index (κ1) is 8.20. The van der Waals surface area contributed by atoms with Crippen molar-refractivity contribution in [2.75, 3.05) is 0 Å². The highest BCUT2D eigenvalue weighted by molar-refractivity contribution is 4.92. The summed E-state index contributed by atoms with van der Waals surface area (Å²) in [6, 6.07) is 0. The molecule has 0 atom stereocenters. The molecule has 4 heteroatoms. The fraction of sp³-hybridized carbons (Fsp3) is 0.714. The first-order valence-electron chi connectivity index (χ1n) is 3.88.